The van der Waals surface area contributed by atoms with Gasteiger partial charge >= 0.3 is 0 Å². The minimum Gasteiger partial charge on any atom is -0.253 e. The van der Waals surface area contributed by atoms with Crippen LogP contribution in [0.3, 0.4) is 0 Å². The molecule has 1 nitrogen and oxygen atoms in total. The summed E-state index contributed by atoms with van der Waals surface area (Å²) < 4.78 is 0. The first-order valence-corrected chi connectivity index (χ1v) is 10.4. The fourth-order valence-electron chi connectivity index (χ4n) is 4.37. The predicted molar refractivity (Wildman–Crippen MR) is 112 cm³/mol. The molecule has 1 aliphatic carbocycles. The van der Waals surface area contributed by atoms with E-state index in [1.165, 1.54) is 79.1 Å². The summed E-state index contributed by atoms with van der Waals surface area (Å²) >= 11 is 0. The average Bonchev–Trinajstić information content (AvgIpc) is 2.68. The van der Waals surface area contributed by atoms with Crippen LogP contribution in [0.2, 0.25) is 0 Å². The summed E-state index contributed by atoms with van der Waals surface area (Å²) in [7, 11) is 0. The molecule has 3 aromatic rings. The third-order valence-electron chi connectivity index (χ3n) is 5.73. The highest BCUT2D eigenvalue weighted by atomic mass is 14.7. The first kappa shape index (κ1) is 17.3. The van der Waals surface area contributed by atoms with Gasteiger partial charge in [-0.05, 0) is 48.4 Å². The number of hydrogen-bond acceptors (Lipinski definition) is 1. The maximum Gasteiger partial charge on any atom is 0.0711 e. The van der Waals surface area contributed by atoms with E-state index in [1.807, 2.05) is 0 Å². The number of para-hydroxylation sites is 1. The Kier molecular flexibility index (Phi) is 5.64. The highest BCUT2D eigenvalue weighted by Gasteiger charge is 2.16. The molecule has 0 fully saturated rings. The highest BCUT2D eigenvalue weighted by Crippen LogP contribution is 2.35. The van der Waals surface area contributed by atoms with Crippen LogP contribution in [-0.2, 0) is 12.8 Å². The second kappa shape index (κ2) is 8.49. The number of nitrogens with zero attached hydrogens (tertiary/aromatic N) is 1. The number of aryl methyl sites for hydroxylation is 1. The molecule has 0 saturated heterocycles. The SMILES string of the molecule is c1ccc(-c2c3c(nc4ccccc24)CCCCCCCCCC3)cc1. The molecule has 0 bridgehead atoms. The second-order valence-electron chi connectivity index (χ2n) is 7.62. The molecule has 0 aliphatic heterocycles. The quantitative estimate of drug-likeness (QED) is 0.458. The molecule has 1 heteroatoms. The molecule has 0 atom stereocenters. The zero-order valence-electron chi connectivity index (χ0n) is 15.7. The summed E-state index contributed by atoms with van der Waals surface area (Å²) in [4.78, 5) is 5.13. The van der Waals surface area contributed by atoms with Gasteiger partial charge in [0.1, 0.15) is 0 Å². The molecule has 0 unspecified atom stereocenters. The summed E-state index contributed by atoms with van der Waals surface area (Å²) in [5.74, 6) is 0. The third-order valence-corrected chi connectivity index (χ3v) is 5.73. The van der Waals surface area contributed by atoms with E-state index in [2.05, 4.69) is 54.6 Å². The van der Waals surface area contributed by atoms with E-state index in [-0.39, 0.29) is 0 Å². The van der Waals surface area contributed by atoms with Crippen LogP contribution in [0.1, 0.15) is 62.6 Å². The van der Waals surface area contributed by atoms with Crippen molar-refractivity contribution >= 4 is 10.9 Å². The van der Waals surface area contributed by atoms with Crippen LogP contribution in [0.4, 0.5) is 0 Å². The molecule has 2 aromatic carbocycles. The van der Waals surface area contributed by atoms with Crippen molar-refractivity contribution in [1.82, 2.24) is 4.98 Å². The fourth-order valence-corrected chi connectivity index (χ4v) is 4.37. The molecule has 0 N–H and O–H groups in total. The van der Waals surface area contributed by atoms with Crippen molar-refractivity contribution in [3.05, 3.63) is 65.9 Å². The molecule has 1 aliphatic rings. The number of benzene rings is 2. The largest absolute Gasteiger partial charge is 0.253 e. The number of rotatable bonds is 1. The predicted octanol–water partition coefficient (Wildman–Crippen LogP) is 7.12. The summed E-state index contributed by atoms with van der Waals surface area (Å²) in [6.07, 6.45) is 13.1. The standard InChI is InChI=1S/C25H29N/c1-2-4-6-11-18-23-21(16-10-5-3-1)25(20-14-8-7-9-15-20)22-17-12-13-19-24(22)26-23/h7-9,12-15,17,19H,1-6,10-11,16,18H2. The van der Waals surface area contributed by atoms with Gasteiger partial charge in [0.2, 0.25) is 0 Å². The Hall–Kier alpha value is -2.15. The number of hydrogen-bond donors (Lipinski definition) is 0. The van der Waals surface area contributed by atoms with Gasteiger partial charge in [-0.1, -0.05) is 87.1 Å². The number of fused-ring (bicyclic) bond motifs is 2. The second-order valence-corrected chi connectivity index (χ2v) is 7.62. The Morgan fingerprint density at radius 3 is 1.96 bits per heavy atom. The lowest BCUT2D eigenvalue weighted by Gasteiger charge is -2.18. The van der Waals surface area contributed by atoms with Gasteiger partial charge in [-0.25, -0.2) is 0 Å². The van der Waals surface area contributed by atoms with E-state index in [0.717, 1.165) is 18.4 Å². The average molecular weight is 344 g/mol. The van der Waals surface area contributed by atoms with Crippen LogP contribution in [0.15, 0.2) is 54.6 Å². The lowest BCUT2D eigenvalue weighted by molar-refractivity contribution is 0.557. The summed E-state index contributed by atoms with van der Waals surface area (Å²) in [5.41, 5.74) is 6.79. The zero-order chi connectivity index (χ0) is 17.6. The lowest BCUT2D eigenvalue weighted by Crippen LogP contribution is -2.04. The van der Waals surface area contributed by atoms with Crippen LogP contribution in [0, 0.1) is 0 Å². The monoisotopic (exact) mass is 343 g/mol. The van der Waals surface area contributed by atoms with Crippen LogP contribution in [0.25, 0.3) is 22.0 Å². The van der Waals surface area contributed by atoms with Gasteiger partial charge in [0, 0.05) is 11.1 Å². The molecule has 0 saturated carbocycles. The first-order chi connectivity index (χ1) is 12.9. The summed E-state index contributed by atoms with van der Waals surface area (Å²) in [6.45, 7) is 0. The first-order valence-electron chi connectivity index (χ1n) is 10.4. The van der Waals surface area contributed by atoms with Crippen molar-refractivity contribution in [3.63, 3.8) is 0 Å². The van der Waals surface area contributed by atoms with E-state index in [9.17, 15) is 0 Å². The van der Waals surface area contributed by atoms with E-state index < -0.39 is 0 Å². The van der Waals surface area contributed by atoms with Crippen LogP contribution < -0.4 is 0 Å². The molecular weight excluding hydrogens is 314 g/mol. The Morgan fingerprint density at radius 2 is 1.19 bits per heavy atom. The van der Waals surface area contributed by atoms with Gasteiger partial charge in [-0.2, -0.15) is 0 Å². The van der Waals surface area contributed by atoms with Crippen molar-refractivity contribution in [3.8, 4) is 11.1 Å². The Labute approximate surface area is 157 Å². The van der Waals surface area contributed by atoms with Gasteiger partial charge in [0.15, 0.2) is 0 Å². The van der Waals surface area contributed by atoms with Gasteiger partial charge in [-0.15, -0.1) is 0 Å². The molecule has 0 spiro atoms. The Morgan fingerprint density at radius 1 is 0.577 bits per heavy atom. The topological polar surface area (TPSA) is 12.9 Å². The number of pyridine rings is 1. The zero-order valence-corrected chi connectivity index (χ0v) is 15.7. The molecule has 0 radical (unpaired) electrons. The van der Waals surface area contributed by atoms with Gasteiger partial charge in [0.25, 0.3) is 0 Å². The fraction of sp³-hybridized carbons (Fsp3) is 0.400. The van der Waals surface area contributed by atoms with Crippen molar-refractivity contribution in [1.29, 1.82) is 0 Å². The normalized spacial score (nSPS) is 16.5. The Bertz CT molecular complexity index is 851. The maximum atomic E-state index is 5.13. The summed E-state index contributed by atoms with van der Waals surface area (Å²) in [6, 6.07) is 19.7. The van der Waals surface area contributed by atoms with E-state index >= 15 is 0 Å². The molecular formula is C25H29N. The molecule has 1 heterocycles. The van der Waals surface area contributed by atoms with Gasteiger partial charge in [0.05, 0.1) is 5.52 Å². The van der Waals surface area contributed by atoms with Crippen molar-refractivity contribution < 1.29 is 0 Å². The van der Waals surface area contributed by atoms with Crippen LogP contribution >= 0.6 is 0 Å². The summed E-state index contributed by atoms with van der Waals surface area (Å²) in [5, 5.41) is 1.31. The Balaban J connectivity index is 1.86. The molecule has 134 valence electrons. The van der Waals surface area contributed by atoms with E-state index in [4.69, 9.17) is 4.98 Å². The lowest BCUT2D eigenvalue weighted by atomic mass is 9.89. The smallest absolute Gasteiger partial charge is 0.0711 e. The highest BCUT2D eigenvalue weighted by molar-refractivity contribution is 5.96. The van der Waals surface area contributed by atoms with Crippen molar-refractivity contribution in [2.24, 2.45) is 0 Å². The number of aromatic nitrogens is 1. The van der Waals surface area contributed by atoms with E-state index in [0.29, 0.717) is 0 Å². The van der Waals surface area contributed by atoms with Crippen LogP contribution in [-0.4, -0.2) is 4.98 Å². The molecule has 1 aromatic heterocycles. The molecule has 4 rings (SSSR count). The van der Waals surface area contributed by atoms with Crippen molar-refractivity contribution in [2.45, 2.75) is 64.2 Å². The molecule has 0 amide bonds. The maximum absolute atomic E-state index is 5.13. The van der Waals surface area contributed by atoms with Crippen molar-refractivity contribution in [2.75, 3.05) is 0 Å². The van der Waals surface area contributed by atoms with Crippen LogP contribution in [0.5, 0.6) is 0 Å². The molecule has 26 heavy (non-hydrogen) atoms. The van der Waals surface area contributed by atoms with Gasteiger partial charge in [-0.3, -0.25) is 4.98 Å². The minimum atomic E-state index is 1.13. The van der Waals surface area contributed by atoms with Gasteiger partial charge < -0.3 is 0 Å². The minimum absolute atomic E-state index is 1.13. The van der Waals surface area contributed by atoms with E-state index in [1.54, 1.807) is 0 Å². The third kappa shape index (κ3) is 3.82.